The molecule has 0 aliphatic carbocycles. The van der Waals surface area contributed by atoms with Crippen molar-refractivity contribution >= 4 is 39.6 Å². The lowest BCUT2D eigenvalue weighted by molar-refractivity contribution is -0.138. The van der Waals surface area contributed by atoms with Gasteiger partial charge in [-0.05, 0) is 101 Å². The van der Waals surface area contributed by atoms with Gasteiger partial charge in [-0.15, -0.1) is 0 Å². The van der Waals surface area contributed by atoms with Crippen LogP contribution in [0, 0.1) is 27.7 Å². The van der Waals surface area contributed by atoms with E-state index in [1.165, 1.54) is 5.56 Å². The summed E-state index contributed by atoms with van der Waals surface area (Å²) in [5.41, 5.74) is 8.29. The fourth-order valence-electron chi connectivity index (χ4n) is 4.60. The van der Waals surface area contributed by atoms with E-state index >= 15 is 0 Å². The number of hydrogen-bond acceptors (Lipinski definition) is 3. The summed E-state index contributed by atoms with van der Waals surface area (Å²) in [6.45, 7) is 12.0. The van der Waals surface area contributed by atoms with Crippen LogP contribution in [0.1, 0.15) is 41.9 Å². The molecule has 1 amide bonds. The van der Waals surface area contributed by atoms with Gasteiger partial charge in [0.1, 0.15) is 0 Å². The Morgan fingerprint density at radius 1 is 1.00 bits per heavy atom. The second kappa shape index (κ2) is 9.70. The molecule has 0 N–H and O–H groups in total. The minimum atomic E-state index is -0.493. The number of anilines is 1. The number of ether oxygens (including phenoxy) is 1. The highest BCUT2D eigenvalue weighted by molar-refractivity contribution is 9.10. The van der Waals surface area contributed by atoms with E-state index in [0.29, 0.717) is 22.5 Å². The second-order valence-electron chi connectivity index (χ2n) is 8.81. The average molecular weight is 533 g/mol. The fourth-order valence-corrected chi connectivity index (χ4v) is 4.87. The zero-order chi connectivity index (χ0) is 25.4. The van der Waals surface area contributed by atoms with Crippen molar-refractivity contribution < 1.29 is 14.3 Å². The summed E-state index contributed by atoms with van der Waals surface area (Å²) in [5, 5.41) is 0. The summed E-state index contributed by atoms with van der Waals surface area (Å²) in [6, 6.07) is 15.9. The molecule has 0 saturated carbocycles. The van der Waals surface area contributed by atoms with Crippen LogP contribution in [-0.4, -0.2) is 23.1 Å². The summed E-state index contributed by atoms with van der Waals surface area (Å²) in [4.78, 5) is 28.2. The molecule has 0 unspecified atom stereocenters. The van der Waals surface area contributed by atoms with Crippen molar-refractivity contribution in [3.8, 4) is 5.69 Å². The van der Waals surface area contributed by atoms with Gasteiger partial charge in [0.05, 0.1) is 17.8 Å². The lowest BCUT2D eigenvalue weighted by Gasteiger charge is -2.18. The molecule has 1 aromatic heterocycles. The minimum absolute atomic E-state index is 0.233. The third kappa shape index (κ3) is 4.50. The third-order valence-electron chi connectivity index (χ3n) is 6.34. The number of aryl methyl sites for hydroxylation is 3. The predicted molar refractivity (Wildman–Crippen MR) is 144 cm³/mol. The number of rotatable bonds is 5. The Morgan fingerprint density at radius 2 is 1.69 bits per heavy atom. The topological polar surface area (TPSA) is 51.5 Å². The first-order valence-corrected chi connectivity index (χ1v) is 12.4. The largest absolute Gasteiger partial charge is 0.462 e. The lowest BCUT2D eigenvalue weighted by Crippen LogP contribution is -2.24. The first-order chi connectivity index (χ1) is 16.6. The van der Waals surface area contributed by atoms with E-state index in [1.54, 1.807) is 18.7 Å². The van der Waals surface area contributed by atoms with Gasteiger partial charge in [0, 0.05) is 32.9 Å². The molecule has 2 aromatic carbocycles. The molecule has 0 radical (unpaired) electrons. The maximum absolute atomic E-state index is 13.7. The van der Waals surface area contributed by atoms with E-state index in [-0.39, 0.29) is 12.5 Å². The molecule has 1 aliphatic rings. The van der Waals surface area contributed by atoms with Crippen LogP contribution in [0.3, 0.4) is 0 Å². The molecular weight excluding hydrogens is 504 g/mol. The van der Waals surface area contributed by atoms with Crippen LogP contribution in [0.5, 0.6) is 0 Å². The number of carbonyl (C=O) groups excluding carboxylic acids is 2. The summed E-state index contributed by atoms with van der Waals surface area (Å²) < 4.78 is 8.45. The smallest absolute Gasteiger partial charge is 0.340 e. The highest BCUT2D eigenvalue weighted by Crippen LogP contribution is 2.37. The van der Waals surface area contributed by atoms with Crippen molar-refractivity contribution in [2.24, 2.45) is 0 Å². The quantitative estimate of drug-likeness (QED) is 0.270. The van der Waals surface area contributed by atoms with E-state index in [4.69, 9.17) is 4.74 Å². The molecule has 3 aromatic rings. The summed E-state index contributed by atoms with van der Waals surface area (Å²) in [7, 11) is 0. The van der Waals surface area contributed by atoms with Crippen LogP contribution < -0.4 is 4.90 Å². The van der Waals surface area contributed by atoms with Gasteiger partial charge in [-0.25, -0.2) is 4.79 Å². The molecule has 0 bridgehead atoms. The Balaban J connectivity index is 1.86. The van der Waals surface area contributed by atoms with E-state index in [0.717, 1.165) is 32.7 Å². The van der Waals surface area contributed by atoms with Gasteiger partial charge < -0.3 is 9.30 Å². The first-order valence-electron chi connectivity index (χ1n) is 11.6. The van der Waals surface area contributed by atoms with E-state index in [2.05, 4.69) is 65.5 Å². The van der Waals surface area contributed by atoms with Crippen LogP contribution in [0.4, 0.5) is 5.69 Å². The Kier molecular flexibility index (Phi) is 6.86. The van der Waals surface area contributed by atoms with Gasteiger partial charge >= 0.3 is 5.97 Å². The zero-order valence-corrected chi connectivity index (χ0v) is 22.5. The van der Waals surface area contributed by atoms with Crippen molar-refractivity contribution in [3.63, 3.8) is 0 Å². The molecule has 4 rings (SSSR count). The first kappa shape index (κ1) is 24.7. The van der Waals surface area contributed by atoms with Gasteiger partial charge in [-0.2, -0.15) is 0 Å². The molecule has 1 aliphatic heterocycles. The molecule has 0 saturated heterocycles. The summed E-state index contributed by atoms with van der Waals surface area (Å²) in [5.74, 6) is -0.739. The minimum Gasteiger partial charge on any atom is -0.462 e. The number of amides is 1. The van der Waals surface area contributed by atoms with Crippen LogP contribution in [0.25, 0.3) is 11.8 Å². The van der Waals surface area contributed by atoms with Crippen LogP contribution in [0.15, 0.2) is 69.8 Å². The number of esters is 1. The van der Waals surface area contributed by atoms with E-state index in [1.807, 2.05) is 37.3 Å². The highest BCUT2D eigenvalue weighted by Gasteiger charge is 2.38. The summed E-state index contributed by atoms with van der Waals surface area (Å²) in [6.07, 6.45) is 1.82. The molecular formula is C29H29BrN2O3. The Morgan fingerprint density at radius 3 is 2.34 bits per heavy atom. The Hall–Kier alpha value is -3.38. The zero-order valence-electron chi connectivity index (χ0n) is 20.9. The second-order valence-corrected chi connectivity index (χ2v) is 9.72. The number of allylic oxidation sites excluding steroid dienone is 1. The standard InChI is InChI=1S/C29H29BrN2O3/c1-7-35-29(34)27-21(6)32(24-12-10-23(30)11-13-24)28(33)25(27)16-22-15-19(4)31(20(22)5)26-14-17(2)8-9-18(26)3/h8-16H,7H2,1-6H3/b25-16-. The van der Waals surface area contributed by atoms with Gasteiger partial charge in [0.25, 0.3) is 5.91 Å². The van der Waals surface area contributed by atoms with Crippen molar-refractivity contribution in [2.75, 3.05) is 11.5 Å². The normalized spacial score (nSPS) is 14.9. The van der Waals surface area contributed by atoms with Crippen molar-refractivity contribution in [2.45, 2.75) is 41.5 Å². The van der Waals surface area contributed by atoms with Crippen LogP contribution in [0.2, 0.25) is 0 Å². The monoisotopic (exact) mass is 532 g/mol. The molecule has 6 heteroatoms. The van der Waals surface area contributed by atoms with Crippen LogP contribution >= 0.6 is 15.9 Å². The number of benzene rings is 2. The highest BCUT2D eigenvalue weighted by atomic mass is 79.9. The average Bonchev–Trinajstić information content (AvgIpc) is 3.22. The molecule has 0 fully saturated rings. The maximum Gasteiger partial charge on any atom is 0.340 e. The Labute approximate surface area is 214 Å². The third-order valence-corrected chi connectivity index (χ3v) is 6.87. The van der Waals surface area contributed by atoms with E-state index in [9.17, 15) is 9.59 Å². The van der Waals surface area contributed by atoms with Gasteiger partial charge in [0.15, 0.2) is 0 Å². The molecule has 2 heterocycles. The van der Waals surface area contributed by atoms with Gasteiger partial charge in [-0.3, -0.25) is 9.69 Å². The van der Waals surface area contributed by atoms with Crippen molar-refractivity contribution in [1.29, 1.82) is 0 Å². The number of aromatic nitrogens is 1. The lowest BCUT2D eigenvalue weighted by atomic mass is 10.0. The molecule has 5 nitrogen and oxygen atoms in total. The number of halogens is 1. The number of nitrogens with zero attached hydrogens (tertiary/aromatic N) is 2. The number of hydrogen-bond donors (Lipinski definition) is 0. The van der Waals surface area contributed by atoms with Crippen molar-refractivity contribution in [3.05, 3.63) is 97.9 Å². The van der Waals surface area contributed by atoms with Gasteiger partial charge in [-0.1, -0.05) is 28.1 Å². The molecule has 180 valence electrons. The van der Waals surface area contributed by atoms with Crippen molar-refractivity contribution in [1.82, 2.24) is 4.57 Å². The summed E-state index contributed by atoms with van der Waals surface area (Å²) >= 11 is 3.44. The van der Waals surface area contributed by atoms with Gasteiger partial charge in [0.2, 0.25) is 0 Å². The Bertz CT molecular complexity index is 1390. The van der Waals surface area contributed by atoms with Crippen LogP contribution in [-0.2, 0) is 14.3 Å². The molecule has 0 spiro atoms. The molecule has 35 heavy (non-hydrogen) atoms. The maximum atomic E-state index is 13.7. The molecule has 0 atom stereocenters. The SMILES string of the molecule is CCOC(=O)C1=C(C)N(c2ccc(Br)cc2)C(=O)/C1=C\c1cc(C)n(-c2cc(C)ccc2C)c1C. The predicted octanol–water partition coefficient (Wildman–Crippen LogP) is 6.74. The number of carbonyl (C=O) groups is 2. The van der Waals surface area contributed by atoms with E-state index < -0.39 is 5.97 Å². The fraction of sp³-hybridized carbons (Fsp3) is 0.241.